The van der Waals surface area contributed by atoms with Crippen molar-refractivity contribution in [1.29, 1.82) is 0 Å². The molecule has 0 aliphatic rings. The summed E-state index contributed by atoms with van der Waals surface area (Å²) in [5.41, 5.74) is 1.70. The van der Waals surface area contributed by atoms with Crippen LogP contribution in [0.15, 0.2) is 18.2 Å². The molecule has 20 heavy (non-hydrogen) atoms. The van der Waals surface area contributed by atoms with Crippen LogP contribution >= 0.6 is 23.2 Å². The van der Waals surface area contributed by atoms with Gasteiger partial charge < -0.3 is 9.30 Å². The number of hydrogen-bond donors (Lipinski definition) is 0. The van der Waals surface area contributed by atoms with Gasteiger partial charge in [0.2, 0.25) is 0 Å². The van der Waals surface area contributed by atoms with E-state index < -0.39 is 0 Å². The molecule has 0 fully saturated rings. The Hall–Kier alpha value is -1.26. The fraction of sp³-hybridized carbons (Fsp3) is 0.429. The summed E-state index contributed by atoms with van der Waals surface area (Å²) in [5, 5.41) is 0.379. The van der Waals surface area contributed by atoms with E-state index in [1.54, 1.807) is 19.1 Å². The maximum Gasteiger partial charge on any atom is 0.307 e. The zero-order chi connectivity index (χ0) is 14.7. The molecule has 0 N–H and O–H groups in total. The summed E-state index contributed by atoms with van der Waals surface area (Å²) in [7, 11) is 0. The number of alkyl halides is 1. The summed E-state index contributed by atoms with van der Waals surface area (Å²) >= 11 is 12.1. The van der Waals surface area contributed by atoms with Gasteiger partial charge in [-0.2, -0.15) is 0 Å². The number of imidazole rings is 1. The van der Waals surface area contributed by atoms with E-state index in [0.29, 0.717) is 24.6 Å². The van der Waals surface area contributed by atoms with E-state index in [1.165, 1.54) is 0 Å². The first kappa shape index (κ1) is 15.1. The minimum atomic E-state index is -0.247. The Bertz CT molecular complexity index is 623. The average molecular weight is 315 g/mol. The Morgan fingerprint density at radius 1 is 1.50 bits per heavy atom. The minimum absolute atomic E-state index is 0.225. The predicted octanol–water partition coefficient (Wildman–Crippen LogP) is 3.94. The fourth-order valence-electron chi connectivity index (χ4n) is 2.10. The molecule has 0 saturated carbocycles. The lowest BCUT2D eigenvalue weighted by Crippen LogP contribution is -2.11. The van der Waals surface area contributed by atoms with E-state index in [4.69, 9.17) is 27.9 Å². The second-order valence-corrected chi connectivity index (χ2v) is 5.52. The first-order valence-electron chi connectivity index (χ1n) is 6.48. The Labute approximate surface area is 127 Å². The molecule has 2 aromatic rings. The van der Waals surface area contributed by atoms with Crippen LogP contribution in [0.2, 0.25) is 5.02 Å². The number of ether oxygens (including phenoxy) is 1. The summed E-state index contributed by atoms with van der Waals surface area (Å²) < 4.78 is 6.89. The first-order chi connectivity index (χ1) is 9.52. The number of aryl methyl sites for hydroxylation is 1. The van der Waals surface area contributed by atoms with Gasteiger partial charge in [0.15, 0.2) is 0 Å². The summed E-state index contributed by atoms with van der Waals surface area (Å²) in [4.78, 5) is 16.0. The quantitative estimate of drug-likeness (QED) is 0.620. The second-order valence-electron chi connectivity index (χ2n) is 4.43. The summed E-state index contributed by atoms with van der Waals surface area (Å²) in [6.45, 7) is 4.52. The molecule has 1 atom stereocenters. The van der Waals surface area contributed by atoms with Crippen molar-refractivity contribution in [3.05, 3.63) is 29.0 Å². The third-order valence-electron chi connectivity index (χ3n) is 2.94. The van der Waals surface area contributed by atoms with Gasteiger partial charge >= 0.3 is 5.97 Å². The maximum absolute atomic E-state index is 11.5. The van der Waals surface area contributed by atoms with Crippen LogP contribution in [0, 0.1) is 0 Å². The van der Waals surface area contributed by atoms with Crippen LogP contribution in [0.5, 0.6) is 0 Å². The fourth-order valence-corrected chi connectivity index (χ4v) is 2.43. The van der Waals surface area contributed by atoms with E-state index in [9.17, 15) is 4.79 Å². The third-order valence-corrected chi connectivity index (χ3v) is 3.37. The van der Waals surface area contributed by atoms with Crippen molar-refractivity contribution in [2.75, 3.05) is 6.61 Å². The largest absolute Gasteiger partial charge is 0.466 e. The Morgan fingerprint density at radius 3 is 2.90 bits per heavy atom. The molecule has 0 saturated heterocycles. The van der Waals surface area contributed by atoms with E-state index in [-0.39, 0.29) is 11.3 Å². The van der Waals surface area contributed by atoms with Crippen LogP contribution in [0.1, 0.15) is 31.5 Å². The van der Waals surface area contributed by atoms with Crippen molar-refractivity contribution in [3.63, 3.8) is 0 Å². The SMILES string of the molecule is CCOC(=O)CCn1c(C(C)Cl)nc2cc(Cl)ccc21. The van der Waals surface area contributed by atoms with Crippen molar-refractivity contribution in [3.8, 4) is 0 Å². The molecule has 0 spiro atoms. The van der Waals surface area contributed by atoms with Crippen LogP contribution in [0.4, 0.5) is 0 Å². The number of benzene rings is 1. The summed E-state index contributed by atoms with van der Waals surface area (Å²) in [5.74, 6) is 0.504. The number of esters is 1. The van der Waals surface area contributed by atoms with E-state index in [2.05, 4.69) is 4.98 Å². The molecule has 0 bridgehead atoms. The first-order valence-corrected chi connectivity index (χ1v) is 7.29. The van der Waals surface area contributed by atoms with E-state index >= 15 is 0 Å². The number of nitrogens with zero attached hydrogens (tertiary/aromatic N) is 2. The number of fused-ring (bicyclic) bond motifs is 1. The Morgan fingerprint density at radius 2 is 2.25 bits per heavy atom. The molecule has 0 aliphatic carbocycles. The highest BCUT2D eigenvalue weighted by molar-refractivity contribution is 6.31. The molecule has 108 valence electrons. The number of carbonyl (C=O) groups is 1. The van der Waals surface area contributed by atoms with Crippen LogP contribution in [0.25, 0.3) is 11.0 Å². The van der Waals surface area contributed by atoms with Crippen molar-refractivity contribution in [2.24, 2.45) is 0 Å². The molecule has 2 rings (SSSR count). The number of carbonyl (C=O) groups excluding carboxylic acids is 1. The van der Waals surface area contributed by atoms with Crippen molar-refractivity contribution < 1.29 is 9.53 Å². The topological polar surface area (TPSA) is 44.1 Å². The maximum atomic E-state index is 11.5. The highest BCUT2D eigenvalue weighted by atomic mass is 35.5. The second kappa shape index (κ2) is 6.46. The zero-order valence-corrected chi connectivity index (χ0v) is 12.9. The molecular weight excluding hydrogens is 299 g/mol. The van der Waals surface area contributed by atoms with Gasteiger partial charge in [-0.1, -0.05) is 11.6 Å². The molecule has 6 heteroatoms. The van der Waals surface area contributed by atoms with Gasteiger partial charge in [-0.3, -0.25) is 4.79 Å². The molecular formula is C14H16Cl2N2O2. The standard InChI is InChI=1S/C14H16Cl2N2O2/c1-3-20-13(19)6-7-18-12-5-4-10(16)8-11(12)17-14(18)9(2)15/h4-5,8-9H,3,6-7H2,1-2H3. The molecule has 0 radical (unpaired) electrons. The predicted molar refractivity (Wildman–Crippen MR) is 80.3 cm³/mol. The van der Waals surface area contributed by atoms with E-state index in [0.717, 1.165) is 16.9 Å². The van der Waals surface area contributed by atoms with Crippen LogP contribution in [0.3, 0.4) is 0 Å². The number of halogens is 2. The van der Waals surface area contributed by atoms with Crippen LogP contribution < -0.4 is 0 Å². The lowest BCUT2D eigenvalue weighted by atomic mass is 10.3. The Kier molecular flexibility index (Phi) is 4.89. The minimum Gasteiger partial charge on any atom is -0.466 e. The summed E-state index contributed by atoms with van der Waals surface area (Å²) in [6, 6.07) is 5.48. The highest BCUT2D eigenvalue weighted by Gasteiger charge is 2.16. The van der Waals surface area contributed by atoms with Gasteiger partial charge in [0.1, 0.15) is 5.82 Å². The lowest BCUT2D eigenvalue weighted by molar-refractivity contribution is -0.143. The molecule has 1 aromatic heterocycles. The third kappa shape index (κ3) is 3.25. The van der Waals surface area contributed by atoms with Crippen molar-refractivity contribution in [1.82, 2.24) is 9.55 Å². The number of rotatable bonds is 5. The summed E-state index contributed by atoms with van der Waals surface area (Å²) in [6.07, 6.45) is 0.290. The van der Waals surface area contributed by atoms with Crippen molar-refractivity contribution in [2.45, 2.75) is 32.2 Å². The van der Waals surface area contributed by atoms with Crippen LogP contribution in [-0.4, -0.2) is 22.1 Å². The molecule has 0 aliphatic heterocycles. The van der Waals surface area contributed by atoms with Gasteiger partial charge in [-0.15, -0.1) is 11.6 Å². The van der Waals surface area contributed by atoms with Crippen LogP contribution in [-0.2, 0) is 16.1 Å². The molecule has 1 aromatic carbocycles. The molecule has 1 heterocycles. The van der Waals surface area contributed by atoms with E-state index in [1.807, 2.05) is 17.6 Å². The monoisotopic (exact) mass is 314 g/mol. The number of aromatic nitrogens is 2. The normalized spacial score (nSPS) is 12.6. The Balaban J connectivity index is 2.34. The zero-order valence-electron chi connectivity index (χ0n) is 11.4. The average Bonchev–Trinajstić information content (AvgIpc) is 2.74. The highest BCUT2D eigenvalue weighted by Crippen LogP contribution is 2.26. The molecule has 0 amide bonds. The lowest BCUT2D eigenvalue weighted by Gasteiger charge is -2.10. The van der Waals surface area contributed by atoms with Crippen molar-refractivity contribution >= 4 is 40.2 Å². The smallest absolute Gasteiger partial charge is 0.307 e. The van der Waals surface area contributed by atoms with Gasteiger partial charge in [0.25, 0.3) is 0 Å². The number of hydrogen-bond acceptors (Lipinski definition) is 3. The van der Waals surface area contributed by atoms with Gasteiger partial charge in [0.05, 0.1) is 29.4 Å². The van der Waals surface area contributed by atoms with Gasteiger partial charge in [-0.05, 0) is 32.0 Å². The van der Waals surface area contributed by atoms with Gasteiger partial charge in [0, 0.05) is 11.6 Å². The molecule has 1 unspecified atom stereocenters. The van der Waals surface area contributed by atoms with Gasteiger partial charge in [-0.25, -0.2) is 4.98 Å². The molecule has 4 nitrogen and oxygen atoms in total.